The number of carboxylic acid groups (broad SMARTS) is 1. The Kier molecular flexibility index (Phi) is 4.31. The van der Waals surface area contributed by atoms with Gasteiger partial charge in [0.1, 0.15) is 0 Å². The molecule has 1 unspecified atom stereocenters. The van der Waals surface area contributed by atoms with E-state index in [1.165, 1.54) is 0 Å². The highest BCUT2D eigenvalue weighted by atomic mass is 32.1. The minimum absolute atomic E-state index is 0.251. The molecule has 0 saturated carbocycles. The second-order valence-electron chi connectivity index (χ2n) is 5.35. The monoisotopic (exact) mass is 307 g/mol. The molecule has 1 fully saturated rings. The first-order valence-corrected chi connectivity index (χ1v) is 7.94. The highest BCUT2D eigenvalue weighted by molar-refractivity contribution is 7.08. The van der Waals surface area contributed by atoms with Gasteiger partial charge in [0.25, 0.3) is 0 Å². The minimum atomic E-state index is -0.717. The maximum atomic E-state index is 10.6. The van der Waals surface area contributed by atoms with Crippen LogP contribution in [0.3, 0.4) is 0 Å². The minimum Gasteiger partial charge on any atom is -0.481 e. The van der Waals surface area contributed by atoms with Crippen molar-refractivity contribution in [3.63, 3.8) is 0 Å². The van der Waals surface area contributed by atoms with Gasteiger partial charge in [-0.15, -0.1) is 0 Å². The standard InChI is InChI=1S/C14H17N3O3S/c18-13(19)2-1-10-3-5-17(7-10)8-12-15-14(16-20-12)11-4-6-21-9-11/h4,6,9-10H,1-3,5,7-8H2,(H,18,19). The molecule has 112 valence electrons. The smallest absolute Gasteiger partial charge is 0.303 e. The van der Waals surface area contributed by atoms with E-state index in [0.717, 1.165) is 31.5 Å². The van der Waals surface area contributed by atoms with Crippen molar-refractivity contribution >= 4 is 17.3 Å². The number of likely N-dealkylation sites (tertiary alicyclic amines) is 1. The predicted molar refractivity (Wildman–Crippen MR) is 77.9 cm³/mol. The van der Waals surface area contributed by atoms with Crippen LogP contribution in [0.25, 0.3) is 11.4 Å². The SMILES string of the molecule is O=C(O)CCC1CCN(Cc2nc(-c3ccsc3)no2)C1. The van der Waals surface area contributed by atoms with Crippen molar-refractivity contribution in [3.8, 4) is 11.4 Å². The number of thiophene rings is 1. The summed E-state index contributed by atoms with van der Waals surface area (Å²) in [7, 11) is 0. The number of aliphatic carboxylic acids is 1. The molecule has 1 saturated heterocycles. The lowest BCUT2D eigenvalue weighted by molar-refractivity contribution is -0.137. The maximum absolute atomic E-state index is 10.6. The van der Waals surface area contributed by atoms with Crippen LogP contribution in [0.5, 0.6) is 0 Å². The van der Waals surface area contributed by atoms with E-state index in [-0.39, 0.29) is 6.42 Å². The average molecular weight is 307 g/mol. The van der Waals surface area contributed by atoms with Gasteiger partial charge < -0.3 is 9.63 Å². The molecule has 3 heterocycles. The van der Waals surface area contributed by atoms with Crippen LogP contribution in [0.1, 0.15) is 25.2 Å². The lowest BCUT2D eigenvalue weighted by atomic mass is 10.0. The zero-order chi connectivity index (χ0) is 14.7. The van der Waals surface area contributed by atoms with Crippen LogP contribution < -0.4 is 0 Å². The zero-order valence-corrected chi connectivity index (χ0v) is 12.4. The summed E-state index contributed by atoms with van der Waals surface area (Å²) in [6, 6.07) is 1.97. The van der Waals surface area contributed by atoms with E-state index in [1.807, 2.05) is 16.8 Å². The van der Waals surface area contributed by atoms with Crippen LogP contribution in [0.2, 0.25) is 0 Å². The fraction of sp³-hybridized carbons (Fsp3) is 0.500. The van der Waals surface area contributed by atoms with Gasteiger partial charge in [0.15, 0.2) is 0 Å². The van der Waals surface area contributed by atoms with E-state index >= 15 is 0 Å². The molecule has 0 bridgehead atoms. The fourth-order valence-electron chi connectivity index (χ4n) is 2.64. The number of carbonyl (C=O) groups is 1. The van der Waals surface area contributed by atoms with E-state index in [9.17, 15) is 4.79 Å². The van der Waals surface area contributed by atoms with E-state index in [1.54, 1.807) is 11.3 Å². The summed E-state index contributed by atoms with van der Waals surface area (Å²) in [5.41, 5.74) is 0.982. The van der Waals surface area contributed by atoms with Gasteiger partial charge in [-0.1, -0.05) is 5.16 Å². The highest BCUT2D eigenvalue weighted by Crippen LogP contribution is 2.23. The molecule has 0 radical (unpaired) electrons. The second kappa shape index (κ2) is 6.36. The third kappa shape index (κ3) is 3.68. The Hall–Kier alpha value is -1.73. The van der Waals surface area contributed by atoms with Crippen molar-refractivity contribution in [2.24, 2.45) is 5.92 Å². The normalized spacial score (nSPS) is 19.1. The molecule has 2 aromatic heterocycles. The van der Waals surface area contributed by atoms with Crippen molar-refractivity contribution in [2.75, 3.05) is 13.1 Å². The number of hydrogen-bond donors (Lipinski definition) is 1. The highest BCUT2D eigenvalue weighted by Gasteiger charge is 2.24. The molecular formula is C14H17N3O3S. The molecule has 2 aromatic rings. The molecule has 0 aromatic carbocycles. The lowest BCUT2D eigenvalue weighted by Gasteiger charge is -2.12. The van der Waals surface area contributed by atoms with Crippen molar-refractivity contribution in [1.29, 1.82) is 0 Å². The lowest BCUT2D eigenvalue weighted by Crippen LogP contribution is -2.20. The molecule has 21 heavy (non-hydrogen) atoms. The topological polar surface area (TPSA) is 79.5 Å². The summed E-state index contributed by atoms with van der Waals surface area (Å²) in [6.45, 7) is 2.50. The first-order chi connectivity index (χ1) is 10.2. The molecule has 7 heteroatoms. The zero-order valence-electron chi connectivity index (χ0n) is 11.6. The Bertz CT molecular complexity index is 596. The summed E-state index contributed by atoms with van der Waals surface area (Å²) in [6.07, 6.45) is 2.04. The van der Waals surface area contributed by atoms with Gasteiger partial charge in [-0.3, -0.25) is 9.69 Å². The Balaban J connectivity index is 1.52. The van der Waals surface area contributed by atoms with Gasteiger partial charge in [0.05, 0.1) is 6.54 Å². The van der Waals surface area contributed by atoms with E-state index in [2.05, 4.69) is 15.0 Å². The van der Waals surface area contributed by atoms with Gasteiger partial charge in [-0.2, -0.15) is 16.3 Å². The van der Waals surface area contributed by atoms with Crippen LogP contribution >= 0.6 is 11.3 Å². The number of rotatable bonds is 6. The second-order valence-corrected chi connectivity index (χ2v) is 6.13. The van der Waals surface area contributed by atoms with Crippen LogP contribution in [0.15, 0.2) is 21.3 Å². The Labute approximate surface area is 126 Å². The molecule has 3 rings (SSSR count). The number of hydrogen-bond acceptors (Lipinski definition) is 6. The van der Waals surface area contributed by atoms with Crippen LogP contribution in [-0.4, -0.2) is 39.2 Å². The quantitative estimate of drug-likeness (QED) is 0.883. The van der Waals surface area contributed by atoms with Gasteiger partial charge in [0, 0.05) is 23.9 Å². The van der Waals surface area contributed by atoms with Crippen molar-refractivity contribution < 1.29 is 14.4 Å². The van der Waals surface area contributed by atoms with Crippen LogP contribution in [-0.2, 0) is 11.3 Å². The van der Waals surface area contributed by atoms with Crippen LogP contribution in [0, 0.1) is 5.92 Å². The summed E-state index contributed by atoms with van der Waals surface area (Å²) < 4.78 is 5.29. The number of carboxylic acids is 1. The molecule has 0 spiro atoms. The van der Waals surface area contributed by atoms with Crippen molar-refractivity contribution in [2.45, 2.75) is 25.8 Å². The summed E-state index contributed by atoms with van der Waals surface area (Å²) >= 11 is 1.60. The van der Waals surface area contributed by atoms with Crippen molar-refractivity contribution in [1.82, 2.24) is 15.0 Å². The predicted octanol–water partition coefficient (Wildman–Crippen LogP) is 2.48. The number of aromatic nitrogens is 2. The first-order valence-electron chi connectivity index (χ1n) is 7.00. The van der Waals surface area contributed by atoms with E-state index < -0.39 is 5.97 Å². The molecule has 6 nitrogen and oxygen atoms in total. The van der Waals surface area contributed by atoms with Gasteiger partial charge in [-0.05, 0) is 36.8 Å². The largest absolute Gasteiger partial charge is 0.481 e. The molecule has 0 aliphatic carbocycles. The van der Waals surface area contributed by atoms with Gasteiger partial charge in [-0.25, -0.2) is 0 Å². The first kappa shape index (κ1) is 14.2. The van der Waals surface area contributed by atoms with E-state index in [4.69, 9.17) is 9.63 Å². The maximum Gasteiger partial charge on any atom is 0.303 e. The Morgan fingerprint density at radius 3 is 3.24 bits per heavy atom. The molecule has 1 aliphatic rings. The molecule has 1 atom stereocenters. The van der Waals surface area contributed by atoms with E-state index in [0.29, 0.717) is 24.2 Å². The summed E-state index contributed by atoms with van der Waals surface area (Å²) in [5, 5.41) is 16.7. The molecular weight excluding hydrogens is 290 g/mol. The fourth-order valence-corrected chi connectivity index (χ4v) is 3.27. The Morgan fingerprint density at radius 1 is 1.57 bits per heavy atom. The summed E-state index contributed by atoms with van der Waals surface area (Å²) in [5.74, 6) is 0.995. The van der Waals surface area contributed by atoms with Gasteiger partial charge >= 0.3 is 5.97 Å². The summed E-state index contributed by atoms with van der Waals surface area (Å²) in [4.78, 5) is 17.3. The molecule has 1 aliphatic heterocycles. The van der Waals surface area contributed by atoms with Crippen molar-refractivity contribution in [3.05, 3.63) is 22.7 Å². The Morgan fingerprint density at radius 2 is 2.48 bits per heavy atom. The van der Waals surface area contributed by atoms with Crippen LogP contribution in [0.4, 0.5) is 0 Å². The average Bonchev–Trinajstić information content (AvgIpc) is 3.18. The third-order valence-electron chi connectivity index (χ3n) is 3.74. The molecule has 0 amide bonds. The molecule has 1 N–H and O–H groups in total. The van der Waals surface area contributed by atoms with Gasteiger partial charge in [0.2, 0.25) is 11.7 Å². The number of nitrogens with zero attached hydrogens (tertiary/aromatic N) is 3. The third-order valence-corrected chi connectivity index (χ3v) is 4.43.